The summed E-state index contributed by atoms with van der Waals surface area (Å²) in [5.41, 5.74) is 10.5. The van der Waals surface area contributed by atoms with Gasteiger partial charge in [0.15, 0.2) is 0 Å². The van der Waals surface area contributed by atoms with Gasteiger partial charge in [-0.3, -0.25) is 19.7 Å². The molecule has 0 radical (unpaired) electrons. The topological polar surface area (TPSA) is 115 Å². The van der Waals surface area contributed by atoms with Crippen LogP contribution in [0.4, 0.5) is 0 Å². The predicted molar refractivity (Wildman–Crippen MR) is 105 cm³/mol. The number of rotatable bonds is 15. The van der Waals surface area contributed by atoms with Crippen molar-refractivity contribution >= 4 is 17.7 Å². The molecule has 0 aromatic heterocycles. The van der Waals surface area contributed by atoms with Crippen LogP contribution in [0.15, 0.2) is 12.2 Å². The number of nitrogens with two attached hydrogens (primary N) is 2. The highest BCUT2D eigenvalue weighted by Gasteiger charge is 2.18. The summed E-state index contributed by atoms with van der Waals surface area (Å²) in [6.07, 6.45) is 19.4. The molecule has 0 aliphatic carbocycles. The molecule has 0 fully saturated rings. The third-order valence-corrected chi connectivity index (χ3v) is 4.32. The first-order valence-corrected chi connectivity index (χ1v) is 10.0. The van der Waals surface area contributed by atoms with Gasteiger partial charge in [0.05, 0.1) is 6.04 Å². The molecule has 0 spiro atoms. The normalized spacial score (nSPS) is 12.2. The summed E-state index contributed by atoms with van der Waals surface area (Å²) >= 11 is 0. The molecule has 0 aromatic carbocycles. The zero-order chi connectivity index (χ0) is 19.6. The number of primary amides is 1. The molecule has 0 aliphatic rings. The molecule has 0 heterocycles. The Morgan fingerprint density at radius 1 is 0.846 bits per heavy atom. The van der Waals surface area contributed by atoms with Crippen LogP contribution in [0.25, 0.3) is 0 Å². The standard InChI is InChI=1S/C20H37N3O3/c1-2-3-4-5-6-7-8-9-10-11-12-13-14-15-16-17(21)19(25)23-20(26)18(22)24/h9-10,17H,2-8,11-16,21H2,1H3,(H2,22,24)(H,23,25,26). The Balaban J connectivity index is 3.47. The van der Waals surface area contributed by atoms with Crippen molar-refractivity contribution in [1.82, 2.24) is 5.32 Å². The molecule has 150 valence electrons. The van der Waals surface area contributed by atoms with Crippen LogP contribution in [-0.4, -0.2) is 23.8 Å². The van der Waals surface area contributed by atoms with Crippen molar-refractivity contribution < 1.29 is 14.4 Å². The number of hydrogen-bond acceptors (Lipinski definition) is 4. The van der Waals surface area contributed by atoms with E-state index in [1.54, 1.807) is 0 Å². The van der Waals surface area contributed by atoms with Gasteiger partial charge in [0.25, 0.3) is 0 Å². The van der Waals surface area contributed by atoms with E-state index < -0.39 is 23.8 Å². The minimum Gasteiger partial charge on any atom is -0.361 e. The highest BCUT2D eigenvalue weighted by Crippen LogP contribution is 2.09. The summed E-state index contributed by atoms with van der Waals surface area (Å²) in [6, 6.07) is -0.782. The number of nitrogens with one attached hydrogen (secondary N) is 1. The summed E-state index contributed by atoms with van der Waals surface area (Å²) in [4.78, 5) is 33.1. The molecule has 6 nitrogen and oxygen atoms in total. The second-order valence-corrected chi connectivity index (χ2v) is 6.81. The van der Waals surface area contributed by atoms with E-state index in [1.165, 1.54) is 44.9 Å². The lowest BCUT2D eigenvalue weighted by atomic mass is 10.1. The van der Waals surface area contributed by atoms with Gasteiger partial charge in [-0.05, 0) is 32.1 Å². The second-order valence-electron chi connectivity index (χ2n) is 6.81. The van der Waals surface area contributed by atoms with Crippen molar-refractivity contribution in [2.75, 3.05) is 0 Å². The maximum atomic E-state index is 11.5. The third kappa shape index (κ3) is 14.6. The zero-order valence-electron chi connectivity index (χ0n) is 16.3. The quantitative estimate of drug-likeness (QED) is 0.234. The zero-order valence-corrected chi connectivity index (χ0v) is 16.3. The smallest absolute Gasteiger partial charge is 0.315 e. The molecule has 6 heteroatoms. The van der Waals surface area contributed by atoms with Gasteiger partial charge < -0.3 is 11.5 Å². The Morgan fingerprint density at radius 3 is 1.88 bits per heavy atom. The van der Waals surface area contributed by atoms with E-state index in [9.17, 15) is 14.4 Å². The van der Waals surface area contributed by atoms with Gasteiger partial charge in [-0.2, -0.15) is 0 Å². The van der Waals surface area contributed by atoms with Crippen molar-refractivity contribution in [2.24, 2.45) is 11.5 Å². The first-order valence-electron chi connectivity index (χ1n) is 10.0. The molecular formula is C20H37N3O3. The van der Waals surface area contributed by atoms with E-state index in [4.69, 9.17) is 11.5 Å². The van der Waals surface area contributed by atoms with Crippen LogP contribution in [0, 0.1) is 0 Å². The minimum absolute atomic E-state index is 0.492. The Bertz CT molecular complexity index is 436. The fourth-order valence-corrected chi connectivity index (χ4v) is 2.66. The average molecular weight is 368 g/mol. The number of carbonyl (C=O) groups is 3. The third-order valence-electron chi connectivity index (χ3n) is 4.32. The maximum Gasteiger partial charge on any atom is 0.315 e. The van der Waals surface area contributed by atoms with Crippen molar-refractivity contribution in [1.29, 1.82) is 0 Å². The Hall–Kier alpha value is -1.69. The second kappa shape index (κ2) is 16.8. The van der Waals surface area contributed by atoms with E-state index in [0.717, 1.165) is 32.1 Å². The van der Waals surface area contributed by atoms with Crippen molar-refractivity contribution in [3.05, 3.63) is 12.2 Å². The summed E-state index contributed by atoms with van der Waals surface area (Å²) in [7, 11) is 0. The number of imide groups is 1. The van der Waals surface area contributed by atoms with Crippen molar-refractivity contribution in [2.45, 2.75) is 96.4 Å². The maximum absolute atomic E-state index is 11.5. The van der Waals surface area contributed by atoms with Crippen molar-refractivity contribution in [3.8, 4) is 0 Å². The first kappa shape index (κ1) is 24.3. The van der Waals surface area contributed by atoms with Crippen molar-refractivity contribution in [3.63, 3.8) is 0 Å². The van der Waals surface area contributed by atoms with Crippen LogP contribution in [-0.2, 0) is 14.4 Å². The summed E-state index contributed by atoms with van der Waals surface area (Å²) in [6.45, 7) is 2.24. The minimum atomic E-state index is -1.19. The molecule has 3 amide bonds. The summed E-state index contributed by atoms with van der Waals surface area (Å²) in [5, 5.41) is 1.89. The SMILES string of the molecule is CCCCCCCCC=CCCCCCCC(N)C(=O)NC(=O)C(N)=O. The van der Waals surface area contributed by atoms with Gasteiger partial charge in [-0.1, -0.05) is 70.4 Å². The van der Waals surface area contributed by atoms with Gasteiger partial charge >= 0.3 is 11.8 Å². The molecule has 0 saturated carbocycles. The fourth-order valence-electron chi connectivity index (χ4n) is 2.66. The lowest BCUT2D eigenvalue weighted by molar-refractivity contribution is -0.140. The highest BCUT2D eigenvalue weighted by atomic mass is 16.2. The molecule has 26 heavy (non-hydrogen) atoms. The summed E-state index contributed by atoms with van der Waals surface area (Å²) in [5.74, 6) is -2.94. The Labute approximate surface area is 158 Å². The summed E-state index contributed by atoms with van der Waals surface area (Å²) < 4.78 is 0. The lowest BCUT2D eigenvalue weighted by Gasteiger charge is -2.10. The van der Waals surface area contributed by atoms with Crippen LogP contribution in [0.1, 0.15) is 90.4 Å². The Morgan fingerprint density at radius 2 is 1.35 bits per heavy atom. The first-order chi connectivity index (χ1) is 12.5. The van der Waals surface area contributed by atoms with Crippen LogP contribution >= 0.6 is 0 Å². The molecular weight excluding hydrogens is 330 g/mol. The van der Waals surface area contributed by atoms with Gasteiger partial charge in [0, 0.05) is 0 Å². The molecule has 1 atom stereocenters. The van der Waals surface area contributed by atoms with Gasteiger partial charge in [0.2, 0.25) is 5.91 Å². The highest BCUT2D eigenvalue weighted by molar-refractivity contribution is 6.37. The molecule has 1 unspecified atom stereocenters. The average Bonchev–Trinajstić information content (AvgIpc) is 2.61. The van der Waals surface area contributed by atoms with Crippen LogP contribution in [0.3, 0.4) is 0 Å². The molecule has 0 aromatic rings. The van der Waals surface area contributed by atoms with E-state index in [2.05, 4.69) is 19.1 Å². The lowest BCUT2D eigenvalue weighted by Crippen LogP contribution is -2.47. The number of allylic oxidation sites excluding steroid dienone is 2. The van der Waals surface area contributed by atoms with Gasteiger partial charge in [-0.25, -0.2) is 0 Å². The van der Waals surface area contributed by atoms with Gasteiger partial charge in [-0.15, -0.1) is 0 Å². The molecule has 0 aliphatic heterocycles. The largest absolute Gasteiger partial charge is 0.361 e. The number of unbranched alkanes of at least 4 members (excludes halogenated alkanes) is 10. The fraction of sp³-hybridized carbons (Fsp3) is 0.750. The number of carbonyl (C=O) groups excluding carboxylic acids is 3. The van der Waals surface area contributed by atoms with E-state index in [1.807, 2.05) is 5.32 Å². The monoisotopic (exact) mass is 367 g/mol. The molecule has 5 N–H and O–H groups in total. The Kier molecular flexibility index (Phi) is 15.7. The molecule has 0 bridgehead atoms. The molecule has 0 rings (SSSR count). The van der Waals surface area contributed by atoms with Crippen LogP contribution in [0.5, 0.6) is 0 Å². The number of amides is 3. The predicted octanol–water partition coefficient (Wildman–Crippen LogP) is 3.09. The van der Waals surface area contributed by atoms with Crippen LogP contribution in [0.2, 0.25) is 0 Å². The van der Waals surface area contributed by atoms with Gasteiger partial charge in [0.1, 0.15) is 0 Å². The van der Waals surface area contributed by atoms with E-state index in [0.29, 0.717) is 6.42 Å². The molecule has 0 saturated heterocycles. The van der Waals surface area contributed by atoms with E-state index >= 15 is 0 Å². The van der Waals surface area contributed by atoms with Crippen LogP contribution < -0.4 is 16.8 Å². The van der Waals surface area contributed by atoms with E-state index in [-0.39, 0.29) is 0 Å². The number of hydrogen-bond donors (Lipinski definition) is 3.